The molecule has 0 aromatic rings. The topological polar surface area (TPSA) is 55.5 Å². The van der Waals surface area contributed by atoms with Crippen molar-refractivity contribution in [2.75, 3.05) is 13.2 Å². The fourth-order valence-corrected chi connectivity index (χ4v) is 2.83. The van der Waals surface area contributed by atoms with Crippen molar-refractivity contribution in [1.29, 1.82) is 0 Å². The SMILES string of the molecule is CCCC(O)(CCC)COC1=CC=CC(CCCN)C1. The quantitative estimate of drug-likeness (QED) is 0.644. The molecule has 0 radical (unpaired) electrons. The zero-order valence-electron chi connectivity index (χ0n) is 13.1. The number of rotatable bonds is 10. The van der Waals surface area contributed by atoms with Crippen molar-refractivity contribution in [3.05, 3.63) is 24.0 Å². The third kappa shape index (κ3) is 6.10. The average molecular weight is 281 g/mol. The Balaban J connectivity index is 2.43. The summed E-state index contributed by atoms with van der Waals surface area (Å²) < 4.78 is 5.89. The van der Waals surface area contributed by atoms with Crippen LogP contribution in [-0.4, -0.2) is 23.9 Å². The van der Waals surface area contributed by atoms with Crippen molar-refractivity contribution in [2.24, 2.45) is 11.7 Å². The van der Waals surface area contributed by atoms with Gasteiger partial charge in [0.1, 0.15) is 6.61 Å². The monoisotopic (exact) mass is 281 g/mol. The number of allylic oxidation sites excluding steroid dienone is 4. The molecule has 20 heavy (non-hydrogen) atoms. The van der Waals surface area contributed by atoms with Gasteiger partial charge in [0.05, 0.1) is 11.4 Å². The first-order valence-corrected chi connectivity index (χ1v) is 8.06. The largest absolute Gasteiger partial charge is 0.495 e. The normalized spacial score (nSPS) is 19.0. The maximum atomic E-state index is 10.6. The summed E-state index contributed by atoms with van der Waals surface area (Å²) in [5.41, 5.74) is 4.89. The molecule has 0 saturated heterocycles. The van der Waals surface area contributed by atoms with E-state index in [0.717, 1.165) is 57.2 Å². The van der Waals surface area contributed by atoms with Crippen molar-refractivity contribution in [1.82, 2.24) is 0 Å². The van der Waals surface area contributed by atoms with Crippen LogP contribution in [0, 0.1) is 5.92 Å². The second kappa shape index (κ2) is 9.19. The van der Waals surface area contributed by atoms with Gasteiger partial charge in [0.2, 0.25) is 0 Å². The molecule has 0 heterocycles. The van der Waals surface area contributed by atoms with Gasteiger partial charge in [-0.3, -0.25) is 0 Å². The van der Waals surface area contributed by atoms with Crippen LogP contribution in [0.25, 0.3) is 0 Å². The number of ether oxygens (including phenoxy) is 1. The van der Waals surface area contributed by atoms with Gasteiger partial charge < -0.3 is 15.6 Å². The molecule has 0 fully saturated rings. The molecule has 1 unspecified atom stereocenters. The lowest BCUT2D eigenvalue weighted by molar-refractivity contribution is -0.0420. The summed E-state index contributed by atoms with van der Waals surface area (Å²) in [4.78, 5) is 0. The van der Waals surface area contributed by atoms with E-state index in [1.165, 1.54) is 0 Å². The summed E-state index contributed by atoms with van der Waals surface area (Å²) in [6, 6.07) is 0. The minimum absolute atomic E-state index is 0.415. The van der Waals surface area contributed by atoms with E-state index in [9.17, 15) is 5.11 Å². The van der Waals surface area contributed by atoms with Gasteiger partial charge in [0.25, 0.3) is 0 Å². The molecule has 1 rings (SSSR count). The number of hydrogen-bond donors (Lipinski definition) is 2. The van der Waals surface area contributed by atoms with Crippen molar-refractivity contribution in [2.45, 2.75) is 64.4 Å². The first-order valence-electron chi connectivity index (χ1n) is 8.06. The van der Waals surface area contributed by atoms with E-state index >= 15 is 0 Å². The Bertz CT molecular complexity index is 317. The predicted octanol–water partition coefficient (Wildman–Crippen LogP) is 3.53. The summed E-state index contributed by atoms with van der Waals surface area (Å²) >= 11 is 0. The van der Waals surface area contributed by atoms with E-state index in [4.69, 9.17) is 10.5 Å². The number of nitrogens with two attached hydrogens (primary N) is 1. The van der Waals surface area contributed by atoms with Crippen LogP contribution in [0.3, 0.4) is 0 Å². The Morgan fingerprint density at radius 3 is 2.65 bits per heavy atom. The van der Waals surface area contributed by atoms with E-state index in [0.29, 0.717) is 12.5 Å². The average Bonchev–Trinajstić information content (AvgIpc) is 2.44. The molecule has 0 bridgehead atoms. The van der Waals surface area contributed by atoms with Gasteiger partial charge in [-0.25, -0.2) is 0 Å². The summed E-state index contributed by atoms with van der Waals surface area (Å²) in [5, 5.41) is 10.6. The maximum Gasteiger partial charge on any atom is 0.116 e. The van der Waals surface area contributed by atoms with Gasteiger partial charge in [0.15, 0.2) is 0 Å². The number of hydrogen-bond acceptors (Lipinski definition) is 3. The molecule has 0 spiro atoms. The smallest absolute Gasteiger partial charge is 0.116 e. The lowest BCUT2D eigenvalue weighted by Gasteiger charge is -2.29. The van der Waals surface area contributed by atoms with E-state index in [2.05, 4.69) is 26.0 Å². The molecular formula is C17H31NO2. The molecule has 0 amide bonds. The second-order valence-electron chi connectivity index (χ2n) is 5.93. The van der Waals surface area contributed by atoms with Crippen molar-refractivity contribution in [3.8, 4) is 0 Å². The van der Waals surface area contributed by atoms with Crippen LogP contribution in [-0.2, 0) is 4.74 Å². The first kappa shape index (κ1) is 17.3. The molecular weight excluding hydrogens is 250 g/mol. The summed E-state index contributed by atoms with van der Waals surface area (Å²) in [5.74, 6) is 1.53. The van der Waals surface area contributed by atoms with Crippen LogP contribution in [0.2, 0.25) is 0 Å². The van der Waals surface area contributed by atoms with Crippen LogP contribution >= 0.6 is 0 Å². The Hall–Kier alpha value is -0.800. The molecule has 3 N–H and O–H groups in total. The third-order valence-electron chi connectivity index (χ3n) is 3.86. The minimum atomic E-state index is -0.668. The highest BCUT2D eigenvalue weighted by atomic mass is 16.5. The first-order chi connectivity index (χ1) is 9.63. The minimum Gasteiger partial charge on any atom is -0.495 e. The molecule has 0 aromatic carbocycles. The van der Waals surface area contributed by atoms with Gasteiger partial charge in [-0.15, -0.1) is 0 Å². The molecule has 0 aliphatic heterocycles. The summed E-state index contributed by atoms with van der Waals surface area (Å²) in [6.45, 7) is 5.37. The van der Waals surface area contributed by atoms with Gasteiger partial charge in [0, 0.05) is 6.42 Å². The molecule has 1 atom stereocenters. The van der Waals surface area contributed by atoms with E-state index in [1.807, 2.05) is 6.08 Å². The molecule has 1 aliphatic carbocycles. The van der Waals surface area contributed by atoms with E-state index in [1.54, 1.807) is 0 Å². The van der Waals surface area contributed by atoms with Crippen molar-refractivity contribution in [3.63, 3.8) is 0 Å². The summed E-state index contributed by atoms with van der Waals surface area (Å²) in [6.07, 6.45) is 13.0. The van der Waals surface area contributed by atoms with Gasteiger partial charge in [-0.1, -0.05) is 38.8 Å². The zero-order chi connectivity index (χ0) is 14.8. The lowest BCUT2D eigenvalue weighted by atomic mass is 9.93. The summed E-state index contributed by atoms with van der Waals surface area (Å²) in [7, 11) is 0. The fraction of sp³-hybridized carbons (Fsp3) is 0.765. The van der Waals surface area contributed by atoms with Crippen LogP contribution in [0.5, 0.6) is 0 Å². The molecule has 0 saturated carbocycles. The van der Waals surface area contributed by atoms with Crippen LogP contribution < -0.4 is 5.73 Å². The molecule has 116 valence electrons. The number of aliphatic hydroxyl groups is 1. The van der Waals surface area contributed by atoms with Crippen LogP contribution in [0.4, 0.5) is 0 Å². The van der Waals surface area contributed by atoms with Gasteiger partial charge in [-0.05, 0) is 44.2 Å². The lowest BCUT2D eigenvalue weighted by Crippen LogP contribution is -2.34. The highest BCUT2D eigenvalue weighted by molar-refractivity contribution is 5.15. The molecule has 1 aliphatic rings. The van der Waals surface area contributed by atoms with Crippen LogP contribution in [0.1, 0.15) is 58.8 Å². The van der Waals surface area contributed by atoms with Crippen LogP contribution in [0.15, 0.2) is 24.0 Å². The van der Waals surface area contributed by atoms with Crippen molar-refractivity contribution < 1.29 is 9.84 Å². The molecule has 0 aromatic heterocycles. The second-order valence-corrected chi connectivity index (χ2v) is 5.93. The Morgan fingerprint density at radius 2 is 2.05 bits per heavy atom. The van der Waals surface area contributed by atoms with E-state index in [-0.39, 0.29) is 0 Å². The highest BCUT2D eigenvalue weighted by Crippen LogP contribution is 2.26. The van der Waals surface area contributed by atoms with Gasteiger partial charge in [-0.2, -0.15) is 0 Å². The van der Waals surface area contributed by atoms with Crippen molar-refractivity contribution >= 4 is 0 Å². The Kier molecular flexibility index (Phi) is 7.93. The molecule has 3 nitrogen and oxygen atoms in total. The predicted molar refractivity (Wildman–Crippen MR) is 84.3 cm³/mol. The standard InChI is InChI=1S/C17H31NO2/c1-3-10-17(19,11-4-2)14-20-16-9-5-7-15(13-16)8-6-12-18/h5,7,9,15,19H,3-4,6,8,10-14,18H2,1-2H3. The van der Waals surface area contributed by atoms with E-state index < -0.39 is 5.60 Å². The van der Waals surface area contributed by atoms with Gasteiger partial charge >= 0.3 is 0 Å². The third-order valence-corrected chi connectivity index (χ3v) is 3.86. The fourth-order valence-electron chi connectivity index (χ4n) is 2.83. The Labute approximate surface area is 123 Å². The zero-order valence-corrected chi connectivity index (χ0v) is 13.1. The molecule has 3 heteroatoms. The highest BCUT2D eigenvalue weighted by Gasteiger charge is 2.26. The maximum absolute atomic E-state index is 10.6. The Morgan fingerprint density at radius 1 is 1.35 bits per heavy atom.